The molecule has 0 bridgehead atoms. The standard InChI is InChI=1S/C20H12ClN3O4S/c21-11-5-7-13(16(9-11)24(27)28)19(26)22-12-6-8-17(25)14(10-12)20-23-15-3-1-2-4-18(15)29-20/h1-10,25H,(H,22,26). The molecule has 0 fully saturated rings. The highest BCUT2D eigenvalue weighted by atomic mass is 35.5. The highest BCUT2D eigenvalue weighted by molar-refractivity contribution is 7.21. The van der Waals surface area contributed by atoms with Crippen LogP contribution in [0.25, 0.3) is 20.8 Å². The Balaban J connectivity index is 1.68. The van der Waals surface area contributed by atoms with E-state index in [4.69, 9.17) is 11.6 Å². The minimum atomic E-state index is -0.663. The molecule has 144 valence electrons. The first-order valence-corrected chi connectivity index (χ1v) is 9.56. The van der Waals surface area contributed by atoms with Crippen molar-refractivity contribution in [2.75, 3.05) is 5.32 Å². The lowest BCUT2D eigenvalue weighted by Gasteiger charge is -2.08. The highest BCUT2D eigenvalue weighted by Gasteiger charge is 2.21. The molecule has 0 saturated heterocycles. The molecule has 4 rings (SSSR count). The first kappa shape index (κ1) is 18.9. The van der Waals surface area contributed by atoms with Gasteiger partial charge in [-0.3, -0.25) is 14.9 Å². The quantitative estimate of drug-likeness (QED) is 0.256. The zero-order chi connectivity index (χ0) is 20.5. The van der Waals surface area contributed by atoms with Crippen LogP contribution in [0.4, 0.5) is 11.4 Å². The number of carbonyl (C=O) groups is 1. The maximum absolute atomic E-state index is 12.6. The molecule has 3 aromatic carbocycles. The number of phenolic OH excluding ortho intramolecular Hbond substituents is 1. The van der Waals surface area contributed by atoms with Gasteiger partial charge in [0, 0.05) is 16.8 Å². The van der Waals surface area contributed by atoms with Gasteiger partial charge in [-0.2, -0.15) is 0 Å². The number of halogens is 1. The molecule has 0 aliphatic rings. The second kappa shape index (κ2) is 7.50. The number of aromatic nitrogens is 1. The number of hydrogen-bond acceptors (Lipinski definition) is 6. The maximum Gasteiger partial charge on any atom is 0.283 e. The van der Waals surface area contributed by atoms with Gasteiger partial charge < -0.3 is 10.4 Å². The van der Waals surface area contributed by atoms with E-state index < -0.39 is 10.8 Å². The Kier molecular flexibility index (Phi) is 4.87. The average Bonchev–Trinajstić information content (AvgIpc) is 3.13. The molecule has 1 heterocycles. The molecule has 0 aliphatic carbocycles. The molecule has 2 N–H and O–H groups in total. The Morgan fingerprint density at radius 1 is 1.14 bits per heavy atom. The Bertz CT molecular complexity index is 1240. The molecule has 0 radical (unpaired) electrons. The topological polar surface area (TPSA) is 105 Å². The number of fused-ring (bicyclic) bond motifs is 1. The summed E-state index contributed by atoms with van der Waals surface area (Å²) in [6.07, 6.45) is 0. The molecule has 1 amide bonds. The van der Waals surface area contributed by atoms with Crippen molar-refractivity contribution in [2.45, 2.75) is 0 Å². The molecule has 9 heteroatoms. The molecule has 0 saturated carbocycles. The molecule has 4 aromatic rings. The third-order valence-electron chi connectivity index (χ3n) is 4.18. The van der Waals surface area contributed by atoms with Crippen LogP contribution in [-0.2, 0) is 0 Å². The number of phenols is 1. The third-order valence-corrected chi connectivity index (χ3v) is 5.48. The summed E-state index contributed by atoms with van der Waals surface area (Å²) in [5.74, 6) is -0.645. The smallest absolute Gasteiger partial charge is 0.283 e. The van der Waals surface area contributed by atoms with E-state index in [9.17, 15) is 20.0 Å². The first-order valence-electron chi connectivity index (χ1n) is 8.36. The second-order valence-corrected chi connectivity index (χ2v) is 7.56. The van der Waals surface area contributed by atoms with Gasteiger partial charge in [0.15, 0.2) is 0 Å². The van der Waals surface area contributed by atoms with Gasteiger partial charge in [0.1, 0.15) is 16.3 Å². The van der Waals surface area contributed by atoms with E-state index in [2.05, 4.69) is 10.3 Å². The molecule has 0 atom stereocenters. The van der Waals surface area contributed by atoms with E-state index in [-0.39, 0.29) is 22.0 Å². The van der Waals surface area contributed by atoms with E-state index in [0.717, 1.165) is 16.3 Å². The number of carbonyl (C=O) groups excluding carboxylic acids is 1. The molecule has 29 heavy (non-hydrogen) atoms. The molecule has 0 spiro atoms. The summed E-state index contributed by atoms with van der Waals surface area (Å²) in [7, 11) is 0. The number of amides is 1. The van der Waals surface area contributed by atoms with Crippen molar-refractivity contribution in [1.29, 1.82) is 0 Å². The van der Waals surface area contributed by atoms with E-state index in [1.165, 1.54) is 35.6 Å². The minimum absolute atomic E-state index is 0.0135. The fourth-order valence-corrected chi connectivity index (χ4v) is 3.98. The number of nitro benzene ring substituents is 1. The number of nitrogens with one attached hydrogen (secondary N) is 1. The number of aromatic hydroxyl groups is 1. The van der Waals surface area contributed by atoms with Crippen LogP contribution in [0.2, 0.25) is 5.02 Å². The van der Waals surface area contributed by atoms with Crippen molar-refractivity contribution in [3.05, 3.63) is 81.4 Å². The van der Waals surface area contributed by atoms with Crippen LogP contribution in [0.15, 0.2) is 60.7 Å². The third kappa shape index (κ3) is 3.75. The Labute approximate surface area is 173 Å². The van der Waals surface area contributed by atoms with Crippen LogP contribution in [0.5, 0.6) is 5.75 Å². The van der Waals surface area contributed by atoms with Gasteiger partial charge in [-0.05, 0) is 42.5 Å². The monoisotopic (exact) mass is 425 g/mol. The van der Waals surface area contributed by atoms with Crippen molar-refractivity contribution < 1.29 is 14.8 Å². The van der Waals surface area contributed by atoms with Crippen LogP contribution in [0.1, 0.15) is 10.4 Å². The van der Waals surface area contributed by atoms with Gasteiger partial charge in [-0.15, -0.1) is 11.3 Å². The van der Waals surface area contributed by atoms with Gasteiger partial charge in [-0.1, -0.05) is 23.7 Å². The predicted molar refractivity (Wildman–Crippen MR) is 113 cm³/mol. The number of hydrogen-bond donors (Lipinski definition) is 2. The highest BCUT2D eigenvalue weighted by Crippen LogP contribution is 2.37. The van der Waals surface area contributed by atoms with Crippen LogP contribution in [0, 0.1) is 10.1 Å². The minimum Gasteiger partial charge on any atom is -0.507 e. The molecular weight excluding hydrogens is 414 g/mol. The largest absolute Gasteiger partial charge is 0.507 e. The fraction of sp³-hybridized carbons (Fsp3) is 0. The summed E-state index contributed by atoms with van der Waals surface area (Å²) < 4.78 is 0.966. The van der Waals surface area contributed by atoms with Crippen LogP contribution < -0.4 is 5.32 Å². The zero-order valence-corrected chi connectivity index (χ0v) is 16.2. The summed E-state index contributed by atoms with van der Waals surface area (Å²) in [4.78, 5) is 27.7. The van der Waals surface area contributed by atoms with Gasteiger partial charge in [0.2, 0.25) is 0 Å². The van der Waals surface area contributed by atoms with E-state index in [1.54, 1.807) is 6.07 Å². The van der Waals surface area contributed by atoms with Crippen molar-refractivity contribution in [3.8, 4) is 16.3 Å². The van der Waals surface area contributed by atoms with E-state index in [0.29, 0.717) is 16.3 Å². The number of para-hydroxylation sites is 1. The van der Waals surface area contributed by atoms with Gasteiger partial charge in [-0.25, -0.2) is 4.98 Å². The number of nitrogens with zero attached hydrogens (tertiary/aromatic N) is 2. The fourth-order valence-electron chi connectivity index (χ4n) is 2.82. The van der Waals surface area contributed by atoms with Crippen molar-refractivity contribution in [1.82, 2.24) is 4.98 Å². The summed E-state index contributed by atoms with van der Waals surface area (Å²) in [5, 5.41) is 24.9. The van der Waals surface area contributed by atoms with Crippen LogP contribution >= 0.6 is 22.9 Å². The first-order chi connectivity index (χ1) is 13.9. The van der Waals surface area contributed by atoms with Gasteiger partial charge in [0.05, 0.1) is 20.7 Å². The summed E-state index contributed by atoms with van der Waals surface area (Å²) >= 11 is 7.20. The maximum atomic E-state index is 12.6. The Morgan fingerprint density at radius 3 is 2.69 bits per heavy atom. The molecule has 0 aliphatic heterocycles. The van der Waals surface area contributed by atoms with Crippen molar-refractivity contribution >= 4 is 50.4 Å². The van der Waals surface area contributed by atoms with Gasteiger partial charge >= 0.3 is 0 Å². The normalized spacial score (nSPS) is 10.8. The Hall–Kier alpha value is -3.49. The van der Waals surface area contributed by atoms with E-state index in [1.807, 2.05) is 24.3 Å². The zero-order valence-electron chi connectivity index (χ0n) is 14.6. The molecule has 1 aromatic heterocycles. The summed E-state index contributed by atoms with van der Waals surface area (Å²) in [6.45, 7) is 0. The van der Waals surface area contributed by atoms with E-state index >= 15 is 0 Å². The van der Waals surface area contributed by atoms with Crippen LogP contribution in [0.3, 0.4) is 0 Å². The lowest BCUT2D eigenvalue weighted by Crippen LogP contribution is -2.14. The molecule has 0 unspecified atom stereocenters. The second-order valence-electron chi connectivity index (χ2n) is 6.09. The van der Waals surface area contributed by atoms with Crippen molar-refractivity contribution in [3.63, 3.8) is 0 Å². The number of nitro groups is 1. The molecule has 7 nitrogen and oxygen atoms in total. The number of benzene rings is 3. The number of anilines is 1. The lowest BCUT2D eigenvalue weighted by molar-refractivity contribution is -0.385. The lowest BCUT2D eigenvalue weighted by atomic mass is 10.1. The number of thiazole rings is 1. The van der Waals surface area contributed by atoms with Gasteiger partial charge in [0.25, 0.3) is 11.6 Å². The average molecular weight is 426 g/mol. The summed E-state index contributed by atoms with van der Waals surface area (Å²) in [6, 6.07) is 15.9. The van der Waals surface area contributed by atoms with Crippen molar-refractivity contribution in [2.24, 2.45) is 0 Å². The molecular formula is C20H12ClN3O4S. The number of rotatable bonds is 4. The summed E-state index contributed by atoms with van der Waals surface area (Å²) in [5.41, 5.74) is 1.12. The van der Waals surface area contributed by atoms with Crippen LogP contribution in [-0.4, -0.2) is 20.9 Å². The Morgan fingerprint density at radius 2 is 1.93 bits per heavy atom. The SMILES string of the molecule is O=C(Nc1ccc(O)c(-c2nc3ccccc3s2)c1)c1ccc(Cl)cc1[N+](=O)[O-]. The predicted octanol–water partition coefficient (Wildman–Crippen LogP) is 5.48.